The van der Waals surface area contributed by atoms with E-state index in [2.05, 4.69) is 11.4 Å². The van der Waals surface area contributed by atoms with E-state index < -0.39 is 0 Å². The number of fused-ring (bicyclic) bond motifs is 1. The number of likely N-dealkylation sites (N-methyl/N-ethyl adjacent to an activating group) is 1. The first kappa shape index (κ1) is 22.6. The Morgan fingerprint density at radius 3 is 2.55 bits per heavy atom. The Kier molecular flexibility index (Phi) is 7.52. The second-order valence-electron chi connectivity index (χ2n) is 7.69. The van der Waals surface area contributed by atoms with E-state index in [9.17, 15) is 9.59 Å². The van der Waals surface area contributed by atoms with E-state index in [0.29, 0.717) is 36.9 Å². The highest BCUT2D eigenvalue weighted by Gasteiger charge is 2.32. The van der Waals surface area contributed by atoms with Crippen LogP contribution >= 0.6 is 0 Å². The molecule has 2 amide bonds. The van der Waals surface area contributed by atoms with Crippen LogP contribution < -0.4 is 24.6 Å². The molecule has 2 aromatic carbocycles. The average Bonchev–Trinajstić information content (AvgIpc) is 3.19. The molecular formula is C24H32N3O4+. The van der Waals surface area contributed by atoms with Gasteiger partial charge >= 0.3 is 0 Å². The number of quaternary nitrogens is 1. The summed E-state index contributed by atoms with van der Waals surface area (Å²) >= 11 is 0. The third kappa shape index (κ3) is 5.35. The summed E-state index contributed by atoms with van der Waals surface area (Å²) in [5, 5.41) is 2.90. The Bertz CT molecular complexity index is 931. The maximum atomic E-state index is 13.0. The largest absolute Gasteiger partial charge is 0.490 e. The summed E-state index contributed by atoms with van der Waals surface area (Å²) in [6.07, 6.45) is 0.869. The predicted octanol–water partition coefficient (Wildman–Crippen LogP) is 1.92. The highest BCUT2D eigenvalue weighted by Crippen LogP contribution is 2.30. The lowest BCUT2D eigenvalue weighted by Crippen LogP contribution is -3.15. The van der Waals surface area contributed by atoms with E-state index in [-0.39, 0.29) is 24.4 Å². The molecule has 0 radical (unpaired) electrons. The number of ether oxygens (including phenoxy) is 2. The van der Waals surface area contributed by atoms with Crippen LogP contribution in [-0.2, 0) is 16.0 Å². The standard InChI is InChI=1S/C24H31N3O4/c1-5-30-21-12-11-19(15-22(21)31-6-2)25-23(28)16-26(4)17(3)24(29)27-14-13-18-9-7-8-10-20(18)27/h7-12,15,17H,5-6,13-14,16H2,1-4H3,(H,25,28)/p+1/t17-/m1/s1. The molecule has 0 aromatic heterocycles. The average molecular weight is 427 g/mol. The second kappa shape index (κ2) is 10.3. The van der Waals surface area contributed by atoms with Crippen molar-refractivity contribution >= 4 is 23.2 Å². The number of anilines is 2. The molecule has 2 aromatic rings. The number of carbonyl (C=O) groups excluding carboxylic acids is 2. The lowest BCUT2D eigenvalue weighted by Gasteiger charge is -2.25. The topological polar surface area (TPSA) is 72.3 Å². The van der Waals surface area contributed by atoms with Crippen LogP contribution in [0.5, 0.6) is 11.5 Å². The molecule has 2 atom stereocenters. The molecule has 0 aliphatic carbocycles. The van der Waals surface area contributed by atoms with Gasteiger partial charge in [0.15, 0.2) is 24.1 Å². The maximum absolute atomic E-state index is 13.0. The van der Waals surface area contributed by atoms with E-state index in [1.807, 2.05) is 50.9 Å². The third-order valence-corrected chi connectivity index (χ3v) is 5.53. The maximum Gasteiger partial charge on any atom is 0.284 e. The van der Waals surface area contributed by atoms with Crippen LogP contribution in [0.3, 0.4) is 0 Å². The highest BCUT2D eigenvalue weighted by atomic mass is 16.5. The fourth-order valence-corrected chi connectivity index (χ4v) is 3.75. The number of hydrogen-bond donors (Lipinski definition) is 2. The normalized spacial score (nSPS) is 14.5. The molecule has 0 bridgehead atoms. The van der Waals surface area contributed by atoms with E-state index in [0.717, 1.165) is 17.0 Å². The number of nitrogens with one attached hydrogen (secondary N) is 2. The summed E-state index contributed by atoms with van der Waals surface area (Å²) in [5.74, 6) is 1.12. The van der Waals surface area contributed by atoms with Crippen molar-refractivity contribution in [3.8, 4) is 11.5 Å². The molecule has 0 saturated carbocycles. The van der Waals surface area contributed by atoms with Crippen molar-refractivity contribution in [1.29, 1.82) is 0 Å². The monoisotopic (exact) mass is 426 g/mol. The molecule has 0 spiro atoms. The van der Waals surface area contributed by atoms with Crippen molar-refractivity contribution < 1.29 is 24.0 Å². The van der Waals surface area contributed by atoms with Crippen molar-refractivity contribution in [1.82, 2.24) is 0 Å². The van der Waals surface area contributed by atoms with E-state index in [1.165, 1.54) is 5.56 Å². The first-order chi connectivity index (χ1) is 14.9. The van der Waals surface area contributed by atoms with Crippen LogP contribution in [0.2, 0.25) is 0 Å². The smallest absolute Gasteiger partial charge is 0.284 e. The summed E-state index contributed by atoms with van der Waals surface area (Å²) in [4.78, 5) is 28.3. The number of rotatable bonds is 9. The molecule has 31 heavy (non-hydrogen) atoms. The Morgan fingerprint density at radius 1 is 1.10 bits per heavy atom. The lowest BCUT2D eigenvalue weighted by atomic mass is 10.2. The van der Waals surface area contributed by atoms with Gasteiger partial charge in [0.05, 0.1) is 20.3 Å². The molecular weight excluding hydrogens is 394 g/mol. The van der Waals surface area contributed by atoms with E-state index in [1.54, 1.807) is 18.2 Å². The quantitative estimate of drug-likeness (QED) is 0.643. The minimum Gasteiger partial charge on any atom is -0.490 e. The minimum atomic E-state index is -0.337. The SMILES string of the molecule is CCOc1ccc(NC(=O)C[NH+](C)[C@H](C)C(=O)N2CCc3ccccc32)cc1OCC. The number of nitrogens with zero attached hydrogens (tertiary/aromatic N) is 1. The number of amides is 2. The highest BCUT2D eigenvalue weighted by molar-refractivity contribution is 5.98. The van der Waals surface area contributed by atoms with E-state index >= 15 is 0 Å². The molecule has 3 rings (SSSR count). The van der Waals surface area contributed by atoms with Crippen molar-refractivity contribution in [2.45, 2.75) is 33.2 Å². The molecule has 7 nitrogen and oxygen atoms in total. The summed E-state index contributed by atoms with van der Waals surface area (Å²) < 4.78 is 11.2. The van der Waals surface area contributed by atoms with Crippen molar-refractivity contribution in [3.05, 3.63) is 48.0 Å². The van der Waals surface area contributed by atoms with Gasteiger partial charge in [0, 0.05) is 24.0 Å². The van der Waals surface area contributed by atoms with Gasteiger partial charge in [-0.25, -0.2) is 0 Å². The van der Waals surface area contributed by atoms with Gasteiger partial charge in [-0.1, -0.05) is 18.2 Å². The zero-order chi connectivity index (χ0) is 22.4. The molecule has 0 fully saturated rings. The molecule has 1 aliphatic rings. The van der Waals surface area contributed by atoms with Crippen molar-refractivity contribution in [3.63, 3.8) is 0 Å². The Balaban J connectivity index is 1.60. The summed E-state index contributed by atoms with van der Waals surface area (Å²) in [6.45, 7) is 7.59. The molecule has 166 valence electrons. The van der Waals surface area contributed by atoms with Crippen LogP contribution in [-0.4, -0.2) is 51.2 Å². The molecule has 2 N–H and O–H groups in total. The van der Waals surface area contributed by atoms with Gasteiger partial charge in [-0.3, -0.25) is 9.59 Å². The number of hydrogen-bond acceptors (Lipinski definition) is 4. The second-order valence-corrected chi connectivity index (χ2v) is 7.69. The van der Waals surface area contributed by atoms with Crippen LogP contribution in [0.15, 0.2) is 42.5 Å². The van der Waals surface area contributed by atoms with Gasteiger partial charge in [0.25, 0.3) is 11.8 Å². The fraction of sp³-hybridized carbons (Fsp3) is 0.417. The lowest BCUT2D eigenvalue weighted by molar-refractivity contribution is -0.885. The molecule has 1 aliphatic heterocycles. The van der Waals surface area contributed by atoms with Gasteiger partial charge in [-0.2, -0.15) is 0 Å². The van der Waals surface area contributed by atoms with Crippen molar-refractivity contribution in [2.24, 2.45) is 0 Å². The van der Waals surface area contributed by atoms with Crippen LogP contribution in [0, 0.1) is 0 Å². The van der Waals surface area contributed by atoms with Crippen LogP contribution in [0.1, 0.15) is 26.3 Å². The van der Waals surface area contributed by atoms with E-state index in [4.69, 9.17) is 9.47 Å². The van der Waals surface area contributed by atoms with Gasteiger partial charge in [0.2, 0.25) is 0 Å². The number of benzene rings is 2. The van der Waals surface area contributed by atoms with Gasteiger partial charge in [-0.05, 0) is 51.0 Å². The van der Waals surface area contributed by atoms with Gasteiger partial charge in [-0.15, -0.1) is 0 Å². The minimum absolute atomic E-state index is 0.0370. The van der Waals surface area contributed by atoms with Crippen LogP contribution in [0.25, 0.3) is 0 Å². The zero-order valence-corrected chi connectivity index (χ0v) is 18.7. The van der Waals surface area contributed by atoms with Crippen LogP contribution in [0.4, 0.5) is 11.4 Å². The summed E-state index contributed by atoms with van der Waals surface area (Å²) in [5.41, 5.74) is 2.81. The molecule has 1 heterocycles. The van der Waals surface area contributed by atoms with Gasteiger partial charge < -0.3 is 24.6 Å². The Morgan fingerprint density at radius 2 is 1.81 bits per heavy atom. The van der Waals surface area contributed by atoms with Crippen molar-refractivity contribution in [2.75, 3.05) is 43.6 Å². The molecule has 7 heteroatoms. The number of para-hydroxylation sites is 1. The summed E-state index contributed by atoms with van der Waals surface area (Å²) in [6, 6.07) is 13.0. The first-order valence-electron chi connectivity index (χ1n) is 10.9. The fourth-order valence-electron chi connectivity index (χ4n) is 3.75. The van der Waals surface area contributed by atoms with Gasteiger partial charge in [0.1, 0.15) is 0 Å². The molecule has 0 saturated heterocycles. The third-order valence-electron chi connectivity index (χ3n) is 5.53. The zero-order valence-electron chi connectivity index (χ0n) is 18.7. The first-order valence-corrected chi connectivity index (χ1v) is 10.9. The Labute approximate surface area is 183 Å². The summed E-state index contributed by atoms with van der Waals surface area (Å²) in [7, 11) is 1.87. The number of carbonyl (C=O) groups is 2. The Hall–Kier alpha value is -3.06. The molecule has 1 unspecified atom stereocenters. The predicted molar refractivity (Wildman–Crippen MR) is 121 cm³/mol.